The number of hydrogen-bond donors (Lipinski definition) is 3. The summed E-state index contributed by atoms with van der Waals surface area (Å²) in [6.07, 6.45) is 0.122. The summed E-state index contributed by atoms with van der Waals surface area (Å²) in [7, 11) is 0. The Kier molecular flexibility index (Phi) is 5.95. The number of carbonyl (C=O) groups excluding carboxylic acids is 1. The molecule has 0 aliphatic heterocycles. The highest BCUT2D eigenvalue weighted by Gasteiger charge is 2.18. The first-order valence-corrected chi connectivity index (χ1v) is 5.23. The molecule has 84 valence electrons. The summed E-state index contributed by atoms with van der Waals surface area (Å²) in [6.45, 7) is 5.28. The molecule has 0 aromatic carbocycles. The van der Waals surface area contributed by atoms with E-state index in [-0.39, 0.29) is 12.6 Å². The monoisotopic (exact) mass is 221 g/mol. The first kappa shape index (κ1) is 13.6. The zero-order valence-corrected chi connectivity index (χ0v) is 9.80. The lowest BCUT2D eigenvalue weighted by Crippen LogP contribution is -2.41. The number of nitrogens with one attached hydrogen (secondary N) is 1. The number of aliphatic hydroxyl groups excluding tert-OH is 1. The van der Waals surface area contributed by atoms with Gasteiger partial charge in [0.05, 0.1) is 12.6 Å². The Morgan fingerprint density at radius 3 is 2.50 bits per heavy atom. The third-order valence-electron chi connectivity index (χ3n) is 1.42. The molecule has 0 fully saturated rings. The second-order valence-corrected chi connectivity index (χ2v) is 4.49. The topological polar surface area (TPSA) is 58.6 Å². The minimum Gasteiger partial charge on any atom is -0.444 e. The van der Waals surface area contributed by atoms with Crippen molar-refractivity contribution in [2.24, 2.45) is 0 Å². The molecule has 1 atom stereocenters. The molecule has 0 heterocycles. The third kappa shape index (κ3) is 7.03. The molecule has 1 amide bonds. The van der Waals surface area contributed by atoms with E-state index in [9.17, 15) is 4.79 Å². The van der Waals surface area contributed by atoms with Gasteiger partial charge in [0.25, 0.3) is 0 Å². The highest BCUT2D eigenvalue weighted by atomic mass is 32.1. The van der Waals surface area contributed by atoms with Crippen LogP contribution in [0.4, 0.5) is 4.79 Å². The van der Waals surface area contributed by atoms with Crippen molar-refractivity contribution in [2.45, 2.75) is 38.8 Å². The molecule has 4 nitrogen and oxygen atoms in total. The smallest absolute Gasteiger partial charge is 0.407 e. The lowest BCUT2D eigenvalue weighted by Gasteiger charge is -2.22. The maximum Gasteiger partial charge on any atom is 0.407 e. The molecule has 0 aromatic rings. The summed E-state index contributed by atoms with van der Waals surface area (Å²) in [4.78, 5) is 11.2. The molecule has 0 saturated heterocycles. The quantitative estimate of drug-likeness (QED) is 0.625. The van der Waals surface area contributed by atoms with Gasteiger partial charge in [-0.2, -0.15) is 12.6 Å². The molecule has 0 spiro atoms. The van der Waals surface area contributed by atoms with Gasteiger partial charge in [-0.1, -0.05) is 0 Å². The summed E-state index contributed by atoms with van der Waals surface area (Å²) < 4.78 is 5.03. The Hall–Kier alpha value is -0.420. The van der Waals surface area contributed by atoms with E-state index in [0.29, 0.717) is 12.2 Å². The Morgan fingerprint density at radius 2 is 2.14 bits per heavy atom. The molecule has 0 aromatic heterocycles. The minimum absolute atomic E-state index is 0.0974. The van der Waals surface area contributed by atoms with Crippen LogP contribution in [0.1, 0.15) is 27.2 Å². The van der Waals surface area contributed by atoms with Gasteiger partial charge in [0.1, 0.15) is 5.60 Å². The average Bonchev–Trinajstić information content (AvgIpc) is 2.00. The van der Waals surface area contributed by atoms with E-state index in [1.807, 2.05) is 0 Å². The molecule has 0 rings (SSSR count). The minimum atomic E-state index is -0.509. The first-order valence-electron chi connectivity index (χ1n) is 4.60. The molecule has 5 heteroatoms. The van der Waals surface area contributed by atoms with Crippen LogP contribution in [0.2, 0.25) is 0 Å². The predicted octanol–water partition coefficient (Wildman–Crippen LogP) is 1.19. The second kappa shape index (κ2) is 6.14. The zero-order chi connectivity index (χ0) is 11.2. The maximum atomic E-state index is 11.2. The number of hydrogen-bond acceptors (Lipinski definition) is 4. The lowest BCUT2D eigenvalue weighted by molar-refractivity contribution is 0.0481. The van der Waals surface area contributed by atoms with Gasteiger partial charge in [-0.3, -0.25) is 0 Å². The molecule has 0 radical (unpaired) electrons. The van der Waals surface area contributed by atoms with Crippen molar-refractivity contribution in [1.29, 1.82) is 0 Å². The molecule has 14 heavy (non-hydrogen) atoms. The van der Waals surface area contributed by atoms with E-state index in [1.165, 1.54) is 0 Å². The van der Waals surface area contributed by atoms with Crippen molar-refractivity contribution < 1.29 is 14.6 Å². The van der Waals surface area contributed by atoms with Crippen LogP contribution in [0.25, 0.3) is 0 Å². The van der Waals surface area contributed by atoms with Gasteiger partial charge in [0.15, 0.2) is 0 Å². The van der Waals surface area contributed by atoms with Gasteiger partial charge in [0, 0.05) is 0 Å². The van der Waals surface area contributed by atoms with E-state index in [1.54, 1.807) is 20.8 Å². The molecule has 0 aliphatic carbocycles. The predicted molar refractivity (Wildman–Crippen MR) is 58.7 cm³/mol. The van der Waals surface area contributed by atoms with Crippen LogP contribution >= 0.6 is 12.6 Å². The molecule has 2 N–H and O–H groups in total. The maximum absolute atomic E-state index is 11.2. The van der Waals surface area contributed by atoms with Crippen LogP contribution in [-0.2, 0) is 4.74 Å². The van der Waals surface area contributed by atoms with Gasteiger partial charge < -0.3 is 15.2 Å². The van der Waals surface area contributed by atoms with E-state index in [2.05, 4.69) is 17.9 Å². The van der Waals surface area contributed by atoms with Crippen molar-refractivity contribution >= 4 is 18.7 Å². The Bertz CT molecular complexity index is 179. The number of thiol groups is 1. The lowest BCUT2D eigenvalue weighted by atomic mass is 10.2. The largest absolute Gasteiger partial charge is 0.444 e. The molecular formula is C9H19NO3S. The SMILES string of the molecule is CC(C)(C)OC(=O)N[C@H](CO)CCS. The van der Waals surface area contributed by atoms with Crippen molar-refractivity contribution in [2.75, 3.05) is 12.4 Å². The van der Waals surface area contributed by atoms with Crippen molar-refractivity contribution in [3.63, 3.8) is 0 Å². The highest BCUT2D eigenvalue weighted by molar-refractivity contribution is 7.80. The van der Waals surface area contributed by atoms with E-state index < -0.39 is 11.7 Å². The standard InChI is InChI=1S/C9H19NO3S/c1-9(2,3)13-8(12)10-7(6-11)4-5-14/h7,11,14H,4-6H2,1-3H3,(H,10,12)/t7-/m0/s1. The van der Waals surface area contributed by atoms with Gasteiger partial charge in [-0.05, 0) is 32.9 Å². The molecule has 0 saturated carbocycles. The van der Waals surface area contributed by atoms with E-state index in [4.69, 9.17) is 9.84 Å². The molecule has 0 bridgehead atoms. The summed E-state index contributed by atoms with van der Waals surface area (Å²) in [5.41, 5.74) is -0.509. The molecule has 0 unspecified atom stereocenters. The van der Waals surface area contributed by atoms with Crippen LogP contribution < -0.4 is 5.32 Å². The van der Waals surface area contributed by atoms with Gasteiger partial charge in [-0.15, -0.1) is 0 Å². The Morgan fingerprint density at radius 1 is 1.57 bits per heavy atom. The molecule has 0 aliphatic rings. The number of ether oxygens (including phenoxy) is 1. The number of amides is 1. The summed E-state index contributed by atoms with van der Waals surface area (Å²) in [5.74, 6) is 0.612. The van der Waals surface area contributed by atoms with Crippen LogP contribution in [0.15, 0.2) is 0 Å². The zero-order valence-electron chi connectivity index (χ0n) is 8.91. The number of aliphatic hydroxyl groups is 1. The van der Waals surface area contributed by atoms with Crippen molar-refractivity contribution in [3.05, 3.63) is 0 Å². The van der Waals surface area contributed by atoms with Gasteiger partial charge in [-0.25, -0.2) is 4.79 Å². The van der Waals surface area contributed by atoms with E-state index in [0.717, 1.165) is 0 Å². The normalized spacial score (nSPS) is 13.5. The molecular weight excluding hydrogens is 202 g/mol. The van der Waals surface area contributed by atoms with Crippen molar-refractivity contribution in [3.8, 4) is 0 Å². The summed E-state index contributed by atoms with van der Waals surface area (Å²) in [5, 5.41) is 11.5. The van der Waals surface area contributed by atoms with E-state index >= 15 is 0 Å². The van der Waals surface area contributed by atoms with Crippen LogP contribution in [-0.4, -0.2) is 35.2 Å². The Balaban J connectivity index is 3.91. The number of rotatable bonds is 4. The third-order valence-corrected chi connectivity index (χ3v) is 1.68. The average molecular weight is 221 g/mol. The highest BCUT2D eigenvalue weighted by Crippen LogP contribution is 2.07. The van der Waals surface area contributed by atoms with Crippen LogP contribution in [0, 0.1) is 0 Å². The van der Waals surface area contributed by atoms with Gasteiger partial charge in [0.2, 0.25) is 0 Å². The van der Waals surface area contributed by atoms with Crippen molar-refractivity contribution in [1.82, 2.24) is 5.32 Å². The fraction of sp³-hybridized carbons (Fsp3) is 0.889. The van der Waals surface area contributed by atoms with Gasteiger partial charge >= 0.3 is 6.09 Å². The number of alkyl carbamates (subject to hydrolysis) is 1. The van der Waals surface area contributed by atoms with Crippen LogP contribution in [0.5, 0.6) is 0 Å². The fourth-order valence-electron chi connectivity index (χ4n) is 0.839. The Labute approximate surface area is 90.4 Å². The first-order chi connectivity index (χ1) is 6.39. The second-order valence-electron chi connectivity index (χ2n) is 4.04. The summed E-state index contributed by atoms with van der Waals surface area (Å²) >= 11 is 4.02. The summed E-state index contributed by atoms with van der Waals surface area (Å²) in [6, 6.07) is -0.276. The van der Waals surface area contributed by atoms with Crippen LogP contribution in [0.3, 0.4) is 0 Å². The fourth-order valence-corrected chi connectivity index (χ4v) is 1.15. The number of carbonyl (C=O) groups is 1.